The van der Waals surface area contributed by atoms with Gasteiger partial charge in [-0.3, -0.25) is 9.78 Å². The van der Waals surface area contributed by atoms with E-state index >= 15 is 0 Å². The van der Waals surface area contributed by atoms with E-state index in [-0.39, 0.29) is 11.9 Å². The number of hydrogen-bond donors (Lipinski definition) is 1. The van der Waals surface area contributed by atoms with Gasteiger partial charge in [0.1, 0.15) is 0 Å². The molecule has 1 N–H and O–H groups in total. The predicted molar refractivity (Wildman–Crippen MR) is 94.0 cm³/mol. The summed E-state index contributed by atoms with van der Waals surface area (Å²) in [7, 11) is 0. The van der Waals surface area contributed by atoms with E-state index < -0.39 is 0 Å². The highest BCUT2D eigenvalue weighted by Crippen LogP contribution is 2.22. The third-order valence-corrected chi connectivity index (χ3v) is 4.70. The normalized spacial score (nSPS) is 18.0. The van der Waals surface area contributed by atoms with Crippen molar-refractivity contribution < 1.29 is 4.79 Å². The highest BCUT2D eigenvalue weighted by molar-refractivity contribution is 9.10. The molecule has 1 fully saturated rings. The lowest BCUT2D eigenvalue weighted by molar-refractivity contribution is -0.134. The minimum atomic E-state index is 0.0786. The Labute approximate surface area is 145 Å². The fraction of sp³-hybridized carbons (Fsp3) is 0.333. The SMILES string of the molecule is O=C(CCc1ccc(Br)cc1)N1CCNCC1c1cccnc1. The number of carbonyl (C=O) groups is 1. The lowest BCUT2D eigenvalue weighted by Crippen LogP contribution is -2.48. The molecule has 1 aliphatic heterocycles. The van der Waals surface area contributed by atoms with Crippen LogP contribution in [0.2, 0.25) is 0 Å². The maximum atomic E-state index is 12.7. The summed E-state index contributed by atoms with van der Waals surface area (Å²) in [5.74, 6) is 0.211. The molecule has 0 radical (unpaired) electrons. The number of aromatic nitrogens is 1. The molecular weight excluding hydrogens is 354 g/mol. The number of halogens is 1. The average molecular weight is 374 g/mol. The predicted octanol–water partition coefficient (Wildman–Crippen LogP) is 2.95. The molecule has 23 heavy (non-hydrogen) atoms. The summed E-state index contributed by atoms with van der Waals surface area (Å²) in [4.78, 5) is 18.9. The van der Waals surface area contributed by atoms with Gasteiger partial charge in [0, 0.05) is 42.9 Å². The zero-order valence-electron chi connectivity index (χ0n) is 12.9. The summed E-state index contributed by atoms with van der Waals surface area (Å²) in [6, 6.07) is 12.2. The molecule has 0 saturated carbocycles. The van der Waals surface area contributed by atoms with Gasteiger partial charge in [-0.25, -0.2) is 0 Å². The van der Waals surface area contributed by atoms with E-state index in [1.807, 2.05) is 35.4 Å². The fourth-order valence-corrected chi connectivity index (χ4v) is 3.18. The van der Waals surface area contributed by atoms with E-state index in [0.717, 1.165) is 36.1 Å². The molecule has 0 spiro atoms. The topological polar surface area (TPSA) is 45.2 Å². The molecule has 5 heteroatoms. The van der Waals surface area contributed by atoms with E-state index in [9.17, 15) is 4.79 Å². The van der Waals surface area contributed by atoms with Gasteiger partial charge in [-0.1, -0.05) is 34.1 Å². The van der Waals surface area contributed by atoms with Gasteiger partial charge in [-0.15, -0.1) is 0 Å². The van der Waals surface area contributed by atoms with Crippen molar-refractivity contribution in [3.63, 3.8) is 0 Å². The van der Waals surface area contributed by atoms with E-state index in [0.29, 0.717) is 6.42 Å². The highest BCUT2D eigenvalue weighted by atomic mass is 79.9. The van der Waals surface area contributed by atoms with Crippen molar-refractivity contribution in [1.29, 1.82) is 0 Å². The second-order valence-corrected chi connectivity index (χ2v) is 6.64. The van der Waals surface area contributed by atoms with Crippen molar-refractivity contribution in [1.82, 2.24) is 15.2 Å². The van der Waals surface area contributed by atoms with E-state index in [2.05, 4.69) is 38.4 Å². The Hall–Kier alpha value is -1.72. The number of nitrogens with zero attached hydrogens (tertiary/aromatic N) is 2. The summed E-state index contributed by atoms with van der Waals surface area (Å²) in [5, 5.41) is 3.37. The third-order valence-electron chi connectivity index (χ3n) is 4.17. The van der Waals surface area contributed by atoms with Gasteiger partial charge in [0.2, 0.25) is 5.91 Å². The molecular formula is C18H20BrN3O. The number of aryl methyl sites for hydroxylation is 1. The minimum absolute atomic E-state index is 0.0786. The van der Waals surface area contributed by atoms with Crippen LogP contribution in [0.15, 0.2) is 53.3 Å². The lowest BCUT2D eigenvalue weighted by atomic mass is 10.0. The number of benzene rings is 1. The number of rotatable bonds is 4. The molecule has 120 valence electrons. The zero-order valence-corrected chi connectivity index (χ0v) is 14.5. The maximum Gasteiger partial charge on any atom is 0.223 e. The number of hydrogen-bond acceptors (Lipinski definition) is 3. The van der Waals surface area contributed by atoms with Crippen molar-refractivity contribution >= 4 is 21.8 Å². The Morgan fingerprint density at radius 3 is 2.87 bits per heavy atom. The van der Waals surface area contributed by atoms with Gasteiger partial charge in [0.15, 0.2) is 0 Å². The van der Waals surface area contributed by atoms with Gasteiger partial charge < -0.3 is 10.2 Å². The Morgan fingerprint density at radius 1 is 1.30 bits per heavy atom. The van der Waals surface area contributed by atoms with Crippen LogP contribution >= 0.6 is 15.9 Å². The molecule has 4 nitrogen and oxygen atoms in total. The van der Waals surface area contributed by atoms with Gasteiger partial charge in [0.25, 0.3) is 0 Å². The fourth-order valence-electron chi connectivity index (χ4n) is 2.92. The van der Waals surface area contributed by atoms with Crippen LogP contribution in [-0.4, -0.2) is 35.4 Å². The zero-order chi connectivity index (χ0) is 16.1. The molecule has 1 amide bonds. The van der Waals surface area contributed by atoms with Crippen molar-refractivity contribution in [2.75, 3.05) is 19.6 Å². The van der Waals surface area contributed by atoms with Gasteiger partial charge in [-0.2, -0.15) is 0 Å². The molecule has 1 aromatic heterocycles. The average Bonchev–Trinajstić information content (AvgIpc) is 2.62. The van der Waals surface area contributed by atoms with Crippen LogP contribution in [0.5, 0.6) is 0 Å². The first kappa shape index (κ1) is 16.1. The Morgan fingerprint density at radius 2 is 2.13 bits per heavy atom. The first-order valence-corrected chi connectivity index (χ1v) is 8.68. The van der Waals surface area contributed by atoms with Crippen LogP contribution in [0.4, 0.5) is 0 Å². The summed E-state index contributed by atoms with van der Waals surface area (Å²) in [6.07, 6.45) is 4.93. The Balaban J connectivity index is 1.65. The number of amides is 1. The number of carbonyl (C=O) groups excluding carboxylic acids is 1. The second-order valence-electron chi connectivity index (χ2n) is 5.72. The lowest BCUT2D eigenvalue weighted by Gasteiger charge is -2.36. The van der Waals surface area contributed by atoms with E-state index in [4.69, 9.17) is 0 Å². The molecule has 0 aliphatic carbocycles. The van der Waals surface area contributed by atoms with Crippen molar-refractivity contribution in [2.24, 2.45) is 0 Å². The molecule has 1 aliphatic rings. The summed E-state index contributed by atoms with van der Waals surface area (Å²) in [6.45, 7) is 2.38. The second kappa shape index (κ2) is 7.70. The molecule has 2 aromatic rings. The quantitative estimate of drug-likeness (QED) is 0.895. The summed E-state index contributed by atoms with van der Waals surface area (Å²) < 4.78 is 1.06. The maximum absolute atomic E-state index is 12.7. The molecule has 1 atom stereocenters. The first-order chi connectivity index (χ1) is 11.2. The van der Waals surface area contributed by atoms with Crippen LogP contribution in [0.3, 0.4) is 0 Å². The van der Waals surface area contributed by atoms with Gasteiger partial charge in [-0.05, 0) is 35.7 Å². The largest absolute Gasteiger partial charge is 0.333 e. The number of pyridine rings is 1. The molecule has 2 heterocycles. The molecule has 1 aromatic carbocycles. The highest BCUT2D eigenvalue weighted by Gasteiger charge is 2.27. The standard InChI is InChI=1S/C18H20BrN3O/c19-16-6-3-14(4-7-16)5-8-18(23)22-11-10-21-13-17(22)15-2-1-9-20-12-15/h1-4,6-7,9,12,17,21H,5,8,10-11,13H2. The van der Waals surface area contributed by atoms with E-state index in [1.165, 1.54) is 5.56 Å². The monoisotopic (exact) mass is 373 g/mol. The third kappa shape index (κ3) is 4.18. The summed E-state index contributed by atoms with van der Waals surface area (Å²) in [5.41, 5.74) is 2.28. The molecule has 1 saturated heterocycles. The number of piperazine rings is 1. The van der Waals surface area contributed by atoms with Crippen molar-refractivity contribution in [3.05, 3.63) is 64.4 Å². The van der Waals surface area contributed by atoms with Crippen LogP contribution in [0, 0.1) is 0 Å². The van der Waals surface area contributed by atoms with Crippen LogP contribution in [0.25, 0.3) is 0 Å². The Bertz CT molecular complexity index is 645. The van der Waals surface area contributed by atoms with E-state index in [1.54, 1.807) is 6.20 Å². The summed E-state index contributed by atoms with van der Waals surface area (Å²) >= 11 is 3.43. The van der Waals surface area contributed by atoms with Crippen molar-refractivity contribution in [2.45, 2.75) is 18.9 Å². The van der Waals surface area contributed by atoms with Gasteiger partial charge in [0.05, 0.1) is 6.04 Å². The van der Waals surface area contributed by atoms with Crippen LogP contribution in [0.1, 0.15) is 23.6 Å². The first-order valence-electron chi connectivity index (χ1n) is 7.88. The minimum Gasteiger partial charge on any atom is -0.333 e. The number of nitrogens with one attached hydrogen (secondary N) is 1. The van der Waals surface area contributed by atoms with Crippen molar-refractivity contribution in [3.8, 4) is 0 Å². The molecule has 0 bridgehead atoms. The Kier molecular flexibility index (Phi) is 5.41. The molecule has 1 unspecified atom stereocenters. The van der Waals surface area contributed by atoms with Gasteiger partial charge >= 0.3 is 0 Å². The van der Waals surface area contributed by atoms with Crippen LogP contribution in [-0.2, 0) is 11.2 Å². The van der Waals surface area contributed by atoms with Crippen LogP contribution < -0.4 is 5.32 Å². The smallest absolute Gasteiger partial charge is 0.223 e. The molecule has 3 rings (SSSR count).